The maximum atomic E-state index is 12.5. The molecule has 1 aliphatic carbocycles. The second-order valence-electron chi connectivity index (χ2n) is 7.06. The van der Waals surface area contributed by atoms with Gasteiger partial charge in [0.1, 0.15) is 5.52 Å². The van der Waals surface area contributed by atoms with Crippen LogP contribution in [0, 0.1) is 5.41 Å². The standard InChI is InChI=1S/C18H26N4O2/c1-22(2)17-21-14-10-13(6-7-15(14)24-17)20-16(23)11-18(12-19)8-4-3-5-9-18/h6-7,10H,3-5,8-9,11-12,19H2,1-2H3,(H,20,23). The fourth-order valence-electron chi connectivity index (χ4n) is 3.48. The Morgan fingerprint density at radius 1 is 1.33 bits per heavy atom. The van der Waals surface area contributed by atoms with E-state index in [0.717, 1.165) is 24.0 Å². The van der Waals surface area contributed by atoms with Crippen LogP contribution in [0.15, 0.2) is 22.6 Å². The molecule has 1 heterocycles. The summed E-state index contributed by atoms with van der Waals surface area (Å²) in [5, 5.41) is 2.99. The predicted molar refractivity (Wildman–Crippen MR) is 96.2 cm³/mol. The van der Waals surface area contributed by atoms with E-state index in [1.165, 1.54) is 19.3 Å². The van der Waals surface area contributed by atoms with Crippen LogP contribution < -0.4 is 16.0 Å². The molecule has 1 saturated carbocycles. The average Bonchev–Trinajstić information content (AvgIpc) is 2.99. The number of fused-ring (bicyclic) bond motifs is 1. The Bertz CT molecular complexity index is 717. The molecule has 1 amide bonds. The number of hydrogen-bond acceptors (Lipinski definition) is 5. The Kier molecular flexibility index (Phi) is 4.76. The minimum absolute atomic E-state index is 0.0260. The monoisotopic (exact) mass is 330 g/mol. The summed E-state index contributed by atoms with van der Waals surface area (Å²) in [6.07, 6.45) is 6.17. The first-order chi connectivity index (χ1) is 11.5. The third-order valence-corrected chi connectivity index (χ3v) is 4.93. The number of carbonyl (C=O) groups excluding carboxylic acids is 1. The molecule has 0 unspecified atom stereocenters. The van der Waals surface area contributed by atoms with Gasteiger partial charge in [0.05, 0.1) is 0 Å². The Morgan fingerprint density at radius 3 is 2.75 bits per heavy atom. The van der Waals surface area contributed by atoms with Gasteiger partial charge in [-0.2, -0.15) is 4.98 Å². The van der Waals surface area contributed by atoms with Gasteiger partial charge >= 0.3 is 0 Å². The molecular formula is C18H26N4O2. The summed E-state index contributed by atoms with van der Waals surface area (Å²) in [5.74, 6) is 0.0260. The van der Waals surface area contributed by atoms with Gasteiger partial charge in [-0.15, -0.1) is 0 Å². The van der Waals surface area contributed by atoms with E-state index in [9.17, 15) is 4.79 Å². The summed E-state index contributed by atoms with van der Waals surface area (Å²) in [4.78, 5) is 18.7. The highest BCUT2D eigenvalue weighted by Gasteiger charge is 2.32. The molecule has 3 N–H and O–H groups in total. The van der Waals surface area contributed by atoms with Gasteiger partial charge in [-0.05, 0) is 43.0 Å². The molecule has 6 heteroatoms. The SMILES string of the molecule is CN(C)c1nc2cc(NC(=O)CC3(CN)CCCCC3)ccc2o1. The molecular weight excluding hydrogens is 304 g/mol. The number of anilines is 2. The van der Waals surface area contributed by atoms with E-state index in [0.29, 0.717) is 24.6 Å². The van der Waals surface area contributed by atoms with Gasteiger partial charge in [0, 0.05) is 26.2 Å². The number of aromatic nitrogens is 1. The Balaban J connectivity index is 1.70. The molecule has 1 aromatic heterocycles. The quantitative estimate of drug-likeness (QED) is 0.880. The normalized spacial score (nSPS) is 17.0. The number of nitrogens with two attached hydrogens (primary N) is 1. The summed E-state index contributed by atoms with van der Waals surface area (Å²) in [6.45, 7) is 0.578. The number of benzene rings is 1. The molecule has 0 aliphatic heterocycles. The molecule has 0 bridgehead atoms. The van der Waals surface area contributed by atoms with Crippen LogP contribution >= 0.6 is 0 Å². The second kappa shape index (κ2) is 6.81. The molecule has 130 valence electrons. The molecule has 0 spiro atoms. The molecule has 1 aliphatic rings. The van der Waals surface area contributed by atoms with Crippen molar-refractivity contribution in [2.24, 2.45) is 11.1 Å². The molecule has 0 saturated heterocycles. The minimum Gasteiger partial charge on any atom is -0.423 e. The zero-order valence-corrected chi connectivity index (χ0v) is 14.5. The van der Waals surface area contributed by atoms with Crippen LogP contribution in [-0.4, -0.2) is 31.5 Å². The van der Waals surface area contributed by atoms with Crippen LogP contribution in [0.25, 0.3) is 11.1 Å². The molecule has 24 heavy (non-hydrogen) atoms. The number of amides is 1. The van der Waals surface area contributed by atoms with Crippen molar-refractivity contribution in [3.8, 4) is 0 Å². The largest absolute Gasteiger partial charge is 0.423 e. The number of nitrogens with zero attached hydrogens (tertiary/aromatic N) is 2. The molecule has 0 radical (unpaired) electrons. The van der Waals surface area contributed by atoms with E-state index in [-0.39, 0.29) is 11.3 Å². The smallest absolute Gasteiger partial charge is 0.297 e. The number of nitrogens with one attached hydrogen (secondary N) is 1. The van der Waals surface area contributed by atoms with Gasteiger partial charge in [0.25, 0.3) is 6.01 Å². The van der Waals surface area contributed by atoms with Gasteiger partial charge in [-0.1, -0.05) is 19.3 Å². The lowest BCUT2D eigenvalue weighted by atomic mass is 9.71. The molecule has 1 fully saturated rings. The van der Waals surface area contributed by atoms with Crippen LogP contribution in [-0.2, 0) is 4.79 Å². The van der Waals surface area contributed by atoms with Gasteiger partial charge < -0.3 is 20.4 Å². The minimum atomic E-state index is -0.0293. The lowest BCUT2D eigenvalue weighted by Gasteiger charge is -2.35. The van der Waals surface area contributed by atoms with Gasteiger partial charge in [-0.3, -0.25) is 4.79 Å². The van der Waals surface area contributed by atoms with E-state index in [1.807, 2.05) is 37.2 Å². The van der Waals surface area contributed by atoms with Crippen LogP contribution in [0.4, 0.5) is 11.7 Å². The Hall–Kier alpha value is -2.08. The fourth-order valence-corrected chi connectivity index (χ4v) is 3.48. The fraction of sp³-hybridized carbons (Fsp3) is 0.556. The van der Waals surface area contributed by atoms with E-state index in [4.69, 9.17) is 10.2 Å². The molecule has 0 atom stereocenters. The van der Waals surface area contributed by atoms with Crippen molar-refractivity contribution < 1.29 is 9.21 Å². The molecule has 2 aromatic rings. The number of carbonyl (C=O) groups is 1. The maximum Gasteiger partial charge on any atom is 0.297 e. The molecule has 3 rings (SSSR count). The van der Waals surface area contributed by atoms with Crippen molar-refractivity contribution in [2.45, 2.75) is 38.5 Å². The van der Waals surface area contributed by atoms with Crippen molar-refractivity contribution in [3.63, 3.8) is 0 Å². The van der Waals surface area contributed by atoms with Gasteiger partial charge in [-0.25, -0.2) is 0 Å². The van der Waals surface area contributed by atoms with Crippen molar-refractivity contribution in [1.82, 2.24) is 4.98 Å². The Morgan fingerprint density at radius 2 is 2.08 bits per heavy atom. The second-order valence-corrected chi connectivity index (χ2v) is 7.06. The summed E-state index contributed by atoms with van der Waals surface area (Å²) in [7, 11) is 3.76. The highest BCUT2D eigenvalue weighted by atomic mass is 16.4. The van der Waals surface area contributed by atoms with E-state index in [1.54, 1.807) is 0 Å². The summed E-state index contributed by atoms with van der Waals surface area (Å²) in [5.41, 5.74) is 8.14. The summed E-state index contributed by atoms with van der Waals surface area (Å²) in [6, 6.07) is 6.09. The number of hydrogen-bond donors (Lipinski definition) is 2. The first kappa shape index (κ1) is 16.8. The zero-order valence-electron chi connectivity index (χ0n) is 14.5. The highest BCUT2D eigenvalue weighted by molar-refractivity contribution is 5.93. The van der Waals surface area contributed by atoms with Crippen molar-refractivity contribution in [3.05, 3.63) is 18.2 Å². The molecule has 6 nitrogen and oxygen atoms in total. The lowest BCUT2D eigenvalue weighted by Crippen LogP contribution is -2.36. The Labute approximate surface area is 142 Å². The maximum absolute atomic E-state index is 12.5. The van der Waals surface area contributed by atoms with E-state index in [2.05, 4.69) is 10.3 Å². The average molecular weight is 330 g/mol. The first-order valence-corrected chi connectivity index (χ1v) is 8.59. The highest BCUT2D eigenvalue weighted by Crippen LogP contribution is 2.38. The van der Waals surface area contributed by atoms with E-state index < -0.39 is 0 Å². The lowest BCUT2D eigenvalue weighted by molar-refractivity contribution is -0.118. The third-order valence-electron chi connectivity index (χ3n) is 4.93. The van der Waals surface area contributed by atoms with Crippen molar-refractivity contribution >= 4 is 28.7 Å². The van der Waals surface area contributed by atoms with Gasteiger partial charge in [0.15, 0.2) is 5.58 Å². The predicted octanol–water partition coefficient (Wildman–Crippen LogP) is 3.13. The van der Waals surface area contributed by atoms with E-state index >= 15 is 0 Å². The van der Waals surface area contributed by atoms with Crippen LogP contribution in [0.1, 0.15) is 38.5 Å². The summed E-state index contributed by atoms with van der Waals surface area (Å²) < 4.78 is 5.63. The van der Waals surface area contributed by atoms with Gasteiger partial charge in [0.2, 0.25) is 5.91 Å². The van der Waals surface area contributed by atoms with Crippen LogP contribution in [0.5, 0.6) is 0 Å². The topological polar surface area (TPSA) is 84.4 Å². The number of rotatable bonds is 5. The third kappa shape index (κ3) is 3.53. The van der Waals surface area contributed by atoms with Crippen LogP contribution in [0.2, 0.25) is 0 Å². The number of oxazole rings is 1. The van der Waals surface area contributed by atoms with Crippen LogP contribution in [0.3, 0.4) is 0 Å². The van der Waals surface area contributed by atoms with Crippen molar-refractivity contribution in [1.29, 1.82) is 0 Å². The first-order valence-electron chi connectivity index (χ1n) is 8.59. The summed E-state index contributed by atoms with van der Waals surface area (Å²) >= 11 is 0. The van der Waals surface area contributed by atoms with Crippen molar-refractivity contribution in [2.75, 3.05) is 30.9 Å². The molecule has 1 aromatic carbocycles. The zero-order chi connectivity index (χ0) is 17.2.